The molecule has 1 saturated heterocycles. The zero-order valence-electron chi connectivity index (χ0n) is 23.7. The van der Waals surface area contributed by atoms with Crippen LogP contribution >= 0.6 is 0 Å². The second-order valence-electron chi connectivity index (χ2n) is 10.6. The number of ether oxygens (including phenoxy) is 3. The molecule has 3 nitrogen and oxygen atoms in total. The maximum atomic E-state index is 14.8. The molecule has 44 heavy (non-hydrogen) atoms. The van der Waals surface area contributed by atoms with Crippen LogP contribution in [0.5, 0.6) is 5.75 Å². The summed E-state index contributed by atoms with van der Waals surface area (Å²) < 4.78 is 116. The van der Waals surface area contributed by atoms with E-state index in [2.05, 4.69) is 0 Å². The van der Waals surface area contributed by atoms with Gasteiger partial charge in [-0.25, -0.2) is 22.0 Å². The Morgan fingerprint density at radius 2 is 1.39 bits per heavy atom. The molecule has 0 spiro atoms. The van der Waals surface area contributed by atoms with Gasteiger partial charge in [-0.1, -0.05) is 50.1 Å². The molecule has 0 unspecified atom stereocenters. The van der Waals surface area contributed by atoms with E-state index in [9.17, 15) is 30.7 Å². The number of aryl methyl sites for hydroxylation is 1. The van der Waals surface area contributed by atoms with Crippen LogP contribution in [-0.4, -0.2) is 13.2 Å². The van der Waals surface area contributed by atoms with Crippen molar-refractivity contribution in [2.45, 2.75) is 50.9 Å². The lowest BCUT2D eigenvalue weighted by atomic mass is 9.99. The number of hydrogen-bond donors (Lipinski definition) is 0. The quantitative estimate of drug-likeness (QED) is 0.101. The zero-order valence-corrected chi connectivity index (χ0v) is 23.7. The molecule has 5 rings (SSSR count). The summed E-state index contributed by atoms with van der Waals surface area (Å²) in [6.45, 7) is 2.37. The number of halogens is 7. The molecule has 0 saturated carbocycles. The van der Waals surface area contributed by atoms with Crippen LogP contribution in [0.2, 0.25) is 0 Å². The van der Waals surface area contributed by atoms with E-state index in [-0.39, 0.29) is 36.0 Å². The van der Waals surface area contributed by atoms with E-state index >= 15 is 0 Å². The summed E-state index contributed by atoms with van der Waals surface area (Å²) in [6, 6.07) is 14.8. The van der Waals surface area contributed by atoms with Crippen molar-refractivity contribution >= 4 is 0 Å². The predicted molar refractivity (Wildman–Crippen MR) is 150 cm³/mol. The van der Waals surface area contributed by atoms with Crippen molar-refractivity contribution in [1.82, 2.24) is 0 Å². The highest BCUT2D eigenvalue weighted by Gasteiger charge is 2.38. The standard InChI is InChI=1S/C34H29F7O3/c1-2-3-4-5-20-6-13-27(29(36)14-20)34(40,41)44-25-10-7-21(8-11-25)24-18-42-33(43-19-24)22-9-12-26(28(35)15-22)23-16-30(37)32(39)31(38)17-23/h6-17,24,33H,2-5,18-19H2,1H3. The Labute approximate surface area is 250 Å². The average Bonchev–Trinajstić information content (AvgIpc) is 3.00. The first-order valence-corrected chi connectivity index (χ1v) is 14.2. The average molecular weight is 619 g/mol. The normalized spacial score (nSPS) is 17.1. The van der Waals surface area contributed by atoms with E-state index in [0.29, 0.717) is 35.2 Å². The van der Waals surface area contributed by atoms with Crippen molar-refractivity contribution in [3.63, 3.8) is 0 Å². The van der Waals surface area contributed by atoms with Gasteiger partial charge in [-0.15, -0.1) is 0 Å². The fourth-order valence-corrected chi connectivity index (χ4v) is 5.05. The molecule has 0 bridgehead atoms. The van der Waals surface area contributed by atoms with Crippen LogP contribution in [0.25, 0.3) is 11.1 Å². The summed E-state index contributed by atoms with van der Waals surface area (Å²) in [6.07, 6.45) is -1.38. The Morgan fingerprint density at radius 1 is 0.727 bits per heavy atom. The largest absolute Gasteiger partial charge is 0.429 e. The van der Waals surface area contributed by atoms with Crippen LogP contribution in [0.4, 0.5) is 30.7 Å². The second kappa shape index (κ2) is 13.4. The maximum absolute atomic E-state index is 14.8. The molecular formula is C34H29F7O3. The maximum Gasteiger partial charge on any atom is 0.429 e. The van der Waals surface area contributed by atoms with Gasteiger partial charge in [0.2, 0.25) is 0 Å². The first-order chi connectivity index (χ1) is 21.1. The van der Waals surface area contributed by atoms with Crippen LogP contribution < -0.4 is 4.74 Å². The third-order valence-corrected chi connectivity index (χ3v) is 7.47. The second-order valence-corrected chi connectivity index (χ2v) is 10.6. The van der Waals surface area contributed by atoms with Crippen molar-refractivity contribution in [2.75, 3.05) is 13.2 Å². The molecule has 0 atom stereocenters. The van der Waals surface area contributed by atoms with Crippen molar-refractivity contribution < 1.29 is 44.9 Å². The molecule has 0 aromatic heterocycles. The molecule has 0 amide bonds. The molecular weight excluding hydrogens is 589 g/mol. The molecule has 4 aromatic rings. The molecule has 1 aliphatic heterocycles. The SMILES string of the molecule is CCCCCc1ccc(C(F)(F)Oc2ccc(C3COC(c4ccc(-c5cc(F)c(F)c(F)c5)c(F)c4)OC3)cc2)c(F)c1. The van der Waals surface area contributed by atoms with Gasteiger partial charge in [-0.2, -0.15) is 8.78 Å². The molecule has 1 aliphatic rings. The number of unbranched alkanes of at least 4 members (excludes halogenated alkanes) is 2. The topological polar surface area (TPSA) is 27.7 Å². The van der Waals surface area contributed by atoms with Crippen LogP contribution in [0, 0.1) is 29.1 Å². The summed E-state index contributed by atoms with van der Waals surface area (Å²) in [4.78, 5) is 0. The van der Waals surface area contributed by atoms with Gasteiger partial charge >= 0.3 is 6.11 Å². The summed E-state index contributed by atoms with van der Waals surface area (Å²) in [5.74, 6) is -6.77. The summed E-state index contributed by atoms with van der Waals surface area (Å²) in [5, 5.41) is 0. The molecule has 10 heteroatoms. The monoisotopic (exact) mass is 618 g/mol. The van der Waals surface area contributed by atoms with Gasteiger partial charge in [0, 0.05) is 17.0 Å². The Balaban J connectivity index is 1.19. The van der Waals surface area contributed by atoms with E-state index in [4.69, 9.17) is 14.2 Å². The van der Waals surface area contributed by atoms with Crippen LogP contribution in [0.15, 0.2) is 72.8 Å². The van der Waals surface area contributed by atoms with Gasteiger partial charge in [-0.05, 0) is 72.0 Å². The Bertz CT molecular complexity index is 1580. The Hall–Kier alpha value is -3.89. The van der Waals surface area contributed by atoms with Gasteiger partial charge in [-0.3, -0.25) is 0 Å². The minimum absolute atomic E-state index is 0.129. The van der Waals surface area contributed by atoms with E-state index in [1.54, 1.807) is 12.1 Å². The molecule has 0 N–H and O–H groups in total. The lowest BCUT2D eigenvalue weighted by Crippen LogP contribution is -2.26. The van der Waals surface area contributed by atoms with Gasteiger partial charge < -0.3 is 14.2 Å². The predicted octanol–water partition coefficient (Wildman–Crippen LogP) is 9.74. The first-order valence-electron chi connectivity index (χ1n) is 14.2. The van der Waals surface area contributed by atoms with E-state index in [1.165, 1.54) is 30.3 Å². The van der Waals surface area contributed by atoms with Crippen LogP contribution in [0.3, 0.4) is 0 Å². The highest BCUT2D eigenvalue weighted by atomic mass is 19.3. The van der Waals surface area contributed by atoms with E-state index in [0.717, 1.165) is 37.5 Å². The molecule has 1 fully saturated rings. The minimum atomic E-state index is -3.89. The van der Waals surface area contributed by atoms with Gasteiger partial charge in [0.1, 0.15) is 17.4 Å². The van der Waals surface area contributed by atoms with E-state index in [1.807, 2.05) is 6.92 Å². The van der Waals surface area contributed by atoms with Crippen molar-refractivity contribution in [1.29, 1.82) is 0 Å². The van der Waals surface area contributed by atoms with Crippen molar-refractivity contribution in [3.05, 3.63) is 124 Å². The minimum Gasteiger partial charge on any atom is -0.429 e. The highest BCUT2D eigenvalue weighted by Crippen LogP contribution is 2.36. The fourth-order valence-electron chi connectivity index (χ4n) is 5.05. The number of hydrogen-bond acceptors (Lipinski definition) is 3. The van der Waals surface area contributed by atoms with Crippen LogP contribution in [-0.2, 0) is 22.0 Å². The van der Waals surface area contributed by atoms with Crippen LogP contribution in [0.1, 0.15) is 60.6 Å². The molecule has 0 radical (unpaired) electrons. The van der Waals surface area contributed by atoms with E-state index < -0.39 is 47.0 Å². The Morgan fingerprint density at radius 3 is 2.00 bits per heavy atom. The zero-order chi connectivity index (χ0) is 31.4. The van der Waals surface area contributed by atoms with Gasteiger partial charge in [0.25, 0.3) is 0 Å². The third kappa shape index (κ3) is 7.08. The van der Waals surface area contributed by atoms with Gasteiger partial charge in [0.15, 0.2) is 23.7 Å². The number of alkyl halides is 2. The van der Waals surface area contributed by atoms with Crippen molar-refractivity contribution in [2.24, 2.45) is 0 Å². The lowest BCUT2D eigenvalue weighted by Gasteiger charge is -2.30. The number of rotatable bonds is 10. The van der Waals surface area contributed by atoms with Gasteiger partial charge in [0.05, 0.1) is 18.8 Å². The first kappa shape index (κ1) is 31.5. The molecule has 4 aromatic carbocycles. The van der Waals surface area contributed by atoms with Crippen molar-refractivity contribution in [3.8, 4) is 16.9 Å². The number of benzene rings is 4. The molecule has 1 heterocycles. The third-order valence-electron chi connectivity index (χ3n) is 7.47. The molecule has 232 valence electrons. The fraction of sp³-hybridized carbons (Fsp3) is 0.294. The highest BCUT2D eigenvalue weighted by molar-refractivity contribution is 5.64. The summed E-state index contributed by atoms with van der Waals surface area (Å²) in [5.41, 5.74) is 0.544. The lowest BCUT2D eigenvalue weighted by molar-refractivity contribution is -0.192. The smallest absolute Gasteiger partial charge is 0.429 e. The summed E-state index contributed by atoms with van der Waals surface area (Å²) >= 11 is 0. The molecule has 0 aliphatic carbocycles. The summed E-state index contributed by atoms with van der Waals surface area (Å²) in [7, 11) is 0. The Kier molecular flexibility index (Phi) is 9.60.